The number of halogens is 1. The van der Waals surface area contributed by atoms with Crippen molar-refractivity contribution < 1.29 is 37.9 Å². The molecule has 2 aromatic heterocycles. The molecule has 13 nitrogen and oxygen atoms in total. The van der Waals surface area contributed by atoms with Gasteiger partial charge < -0.3 is 29.1 Å². The molecular formula is C26H32FN6O7P. The zero-order chi connectivity index (χ0) is 29.1. The Morgan fingerprint density at radius 1 is 1.27 bits per heavy atom. The van der Waals surface area contributed by atoms with Crippen LogP contribution in [-0.4, -0.2) is 81.3 Å². The number of hydrogen-bond acceptors (Lipinski definition) is 12. The third-order valence-electron chi connectivity index (χ3n) is 7.20. The van der Waals surface area contributed by atoms with Gasteiger partial charge in [-0.25, -0.2) is 24.1 Å². The Morgan fingerprint density at radius 2 is 2.00 bits per heavy atom. The Bertz CT molecular complexity index is 1420. The van der Waals surface area contributed by atoms with Gasteiger partial charge in [0, 0.05) is 13.1 Å². The number of alkyl halides is 1. The van der Waals surface area contributed by atoms with E-state index < -0.39 is 44.3 Å². The van der Waals surface area contributed by atoms with Crippen LogP contribution in [0.2, 0.25) is 0 Å². The number of nitrogens with zero attached hydrogens (tertiary/aromatic N) is 6. The normalized spacial score (nSPS) is 25.8. The minimum absolute atomic E-state index is 0.0871. The number of piperidine rings is 1. The monoisotopic (exact) mass is 590 g/mol. The second-order valence-electron chi connectivity index (χ2n) is 10.1. The quantitative estimate of drug-likeness (QED) is 0.289. The van der Waals surface area contributed by atoms with Gasteiger partial charge >= 0.3 is 14.1 Å². The molecule has 1 N–H and O–H groups in total. The molecule has 2 unspecified atom stereocenters. The Balaban J connectivity index is 1.31. The average Bonchev–Trinajstić information content (AvgIpc) is 3.50. The molecule has 41 heavy (non-hydrogen) atoms. The van der Waals surface area contributed by atoms with E-state index in [-0.39, 0.29) is 18.1 Å². The number of carbonyl (C=O) groups is 1. The third kappa shape index (κ3) is 5.96. The smallest absolute Gasteiger partial charge is 0.395 e. The van der Waals surface area contributed by atoms with Gasteiger partial charge in [0.1, 0.15) is 25.1 Å². The van der Waals surface area contributed by atoms with E-state index in [1.807, 2.05) is 0 Å². The number of aliphatic hydroxyl groups excluding tert-OH is 1. The van der Waals surface area contributed by atoms with Gasteiger partial charge in [0.15, 0.2) is 40.7 Å². The van der Waals surface area contributed by atoms with Crippen molar-refractivity contribution in [3.63, 3.8) is 0 Å². The minimum Gasteiger partial charge on any atom is -0.575 e. The van der Waals surface area contributed by atoms with Crippen molar-refractivity contribution >= 4 is 31.1 Å². The van der Waals surface area contributed by atoms with Crippen LogP contribution in [0, 0.1) is 0 Å². The number of carbonyl (C=O) groups excluding carboxylic acids is 1. The summed E-state index contributed by atoms with van der Waals surface area (Å²) in [7, 11) is -1.42. The number of ether oxygens (including phenoxy) is 3. The fourth-order valence-electron chi connectivity index (χ4n) is 4.98. The van der Waals surface area contributed by atoms with Crippen LogP contribution < -0.4 is 19.1 Å². The minimum atomic E-state index is -2.63. The van der Waals surface area contributed by atoms with Crippen LogP contribution in [0.4, 0.5) is 10.2 Å². The van der Waals surface area contributed by atoms with E-state index >= 15 is 4.39 Å². The number of aromatic nitrogens is 4. The highest BCUT2D eigenvalue weighted by Gasteiger charge is 2.55. The number of para-hydroxylation sites is 2. The summed E-state index contributed by atoms with van der Waals surface area (Å²) < 4.78 is 43.0. The zero-order valence-electron chi connectivity index (χ0n) is 22.9. The third-order valence-corrected chi connectivity index (χ3v) is 8.09. The number of fused-ring (bicyclic) bond motifs is 1. The van der Waals surface area contributed by atoms with Gasteiger partial charge in [0.2, 0.25) is 5.75 Å². The van der Waals surface area contributed by atoms with E-state index in [4.69, 9.17) is 14.0 Å². The van der Waals surface area contributed by atoms with Gasteiger partial charge in [-0.2, -0.15) is 0 Å². The van der Waals surface area contributed by atoms with E-state index in [2.05, 4.69) is 29.3 Å². The van der Waals surface area contributed by atoms with E-state index in [1.54, 1.807) is 18.2 Å². The maximum absolute atomic E-state index is 16.0. The first-order valence-corrected chi connectivity index (χ1v) is 14.4. The van der Waals surface area contributed by atoms with Gasteiger partial charge in [-0.05, 0) is 45.2 Å². The molecule has 2 fully saturated rings. The van der Waals surface area contributed by atoms with Gasteiger partial charge in [0.25, 0.3) is 0 Å². The van der Waals surface area contributed by atoms with Crippen LogP contribution in [0.5, 0.6) is 11.5 Å². The summed E-state index contributed by atoms with van der Waals surface area (Å²) in [4.78, 5) is 39.3. The number of hydrogen-bond donors (Lipinski definition) is 1. The van der Waals surface area contributed by atoms with E-state index in [0.717, 1.165) is 32.4 Å². The summed E-state index contributed by atoms with van der Waals surface area (Å²) >= 11 is 0. The molecular weight excluding hydrogens is 558 g/mol. The van der Waals surface area contributed by atoms with Crippen molar-refractivity contribution in [2.24, 2.45) is 4.74 Å². The number of aliphatic hydroxyl groups is 1. The average molecular weight is 591 g/mol. The van der Waals surface area contributed by atoms with Crippen molar-refractivity contribution in [3.8, 4) is 11.5 Å². The molecule has 0 amide bonds. The van der Waals surface area contributed by atoms with Crippen molar-refractivity contribution in [2.75, 3.05) is 31.7 Å². The van der Waals surface area contributed by atoms with Crippen LogP contribution in [0.15, 0.2) is 41.7 Å². The van der Waals surface area contributed by atoms with Crippen LogP contribution in [-0.2, 0) is 14.3 Å². The molecule has 2 aliphatic heterocycles. The highest BCUT2D eigenvalue weighted by molar-refractivity contribution is 7.34. The molecule has 1 aromatic carbocycles. The summed E-state index contributed by atoms with van der Waals surface area (Å²) in [5, 5.41) is 10.9. The molecule has 2 aliphatic rings. The Labute approximate surface area is 236 Å². The largest absolute Gasteiger partial charge is 0.575 e. The number of benzene rings is 1. The number of imidazole rings is 1. The van der Waals surface area contributed by atoms with Crippen molar-refractivity contribution in [1.82, 2.24) is 19.5 Å². The van der Waals surface area contributed by atoms with E-state index in [0.29, 0.717) is 17.0 Å². The van der Waals surface area contributed by atoms with Crippen LogP contribution >= 0.6 is 8.17 Å². The van der Waals surface area contributed by atoms with Gasteiger partial charge in [-0.15, -0.1) is 0 Å². The summed E-state index contributed by atoms with van der Waals surface area (Å²) in [6.45, 7) is 4.15. The molecule has 0 saturated carbocycles. The number of methoxy groups -OCH3 is 1. The van der Waals surface area contributed by atoms with Gasteiger partial charge in [0.05, 0.1) is 13.4 Å². The molecule has 6 atom stereocenters. The molecule has 4 heterocycles. The molecule has 3 aromatic rings. The van der Waals surface area contributed by atoms with Crippen molar-refractivity contribution in [2.45, 2.75) is 63.3 Å². The topological polar surface area (TPSA) is 156 Å². The maximum Gasteiger partial charge on any atom is 0.395 e. The van der Waals surface area contributed by atoms with Crippen molar-refractivity contribution in [1.29, 1.82) is 0 Å². The predicted octanol–water partition coefficient (Wildman–Crippen LogP) is 2.68. The summed E-state index contributed by atoms with van der Waals surface area (Å²) in [6.07, 6.45) is 2.29. The molecule has 2 saturated heterocycles. The molecule has 0 radical (unpaired) electrons. The second kappa shape index (κ2) is 12.2. The van der Waals surface area contributed by atoms with Gasteiger partial charge in [-0.3, -0.25) is 9.09 Å². The summed E-state index contributed by atoms with van der Waals surface area (Å²) in [5.74, 6) is 0.292. The highest BCUT2D eigenvalue weighted by atomic mass is 31.1. The lowest BCUT2D eigenvalue weighted by Crippen LogP contribution is -2.41. The first-order chi connectivity index (χ1) is 19.7. The lowest BCUT2D eigenvalue weighted by atomic mass is 9.98. The highest BCUT2D eigenvalue weighted by Crippen LogP contribution is 2.43. The SMILES string of the molecule is COC(=O)[C@H](C)N=[P+]([O-])Oc1ccccc1OC[C@H]1OC(n2cnc3c(N4CCCCC4)ncnc32)[C@](C)(F)[C@@H]1O. The molecule has 0 aliphatic carbocycles. The van der Waals surface area contributed by atoms with Crippen LogP contribution in [0.3, 0.4) is 0 Å². The van der Waals surface area contributed by atoms with E-state index in [1.165, 1.54) is 44.2 Å². The standard InChI is InChI=1S/C26H32FN6O7P/c1-16(24(35)37-3)31-41(36)40-18-10-6-5-9-17(18)38-13-19-21(34)26(2,27)25(39-19)33-15-30-20-22(28-14-29-23(20)33)32-11-7-4-8-12-32/h5-6,9-10,14-16,19,21,25,34H,4,7-8,11-13H2,1-3H3/t16-,19+,21+,25?,26+/m0/s1. The number of anilines is 1. The molecule has 220 valence electrons. The molecule has 5 rings (SSSR count). The Morgan fingerprint density at radius 3 is 2.73 bits per heavy atom. The predicted molar refractivity (Wildman–Crippen MR) is 144 cm³/mol. The lowest BCUT2D eigenvalue weighted by molar-refractivity contribution is -0.169. The number of esters is 1. The van der Waals surface area contributed by atoms with E-state index in [9.17, 15) is 14.8 Å². The van der Waals surface area contributed by atoms with Crippen LogP contribution in [0.25, 0.3) is 11.2 Å². The second-order valence-corrected chi connectivity index (χ2v) is 11.0. The first kappa shape index (κ1) is 29.1. The fourth-order valence-corrected chi connectivity index (χ4v) is 5.73. The summed E-state index contributed by atoms with van der Waals surface area (Å²) in [6, 6.07) is 5.37. The first-order valence-electron chi connectivity index (χ1n) is 13.3. The number of rotatable bonds is 9. The Hall–Kier alpha value is -3.45. The maximum atomic E-state index is 16.0. The van der Waals surface area contributed by atoms with Crippen LogP contribution in [0.1, 0.15) is 39.3 Å². The van der Waals surface area contributed by atoms with Gasteiger partial charge in [-0.1, -0.05) is 16.9 Å². The Kier molecular flexibility index (Phi) is 8.64. The fraction of sp³-hybridized carbons (Fsp3) is 0.538. The lowest BCUT2D eigenvalue weighted by Gasteiger charge is -2.28. The zero-order valence-corrected chi connectivity index (χ0v) is 23.8. The molecule has 0 spiro atoms. The molecule has 15 heteroatoms. The summed E-state index contributed by atoms with van der Waals surface area (Å²) in [5.41, 5.74) is -1.27. The molecule has 0 bridgehead atoms. The van der Waals surface area contributed by atoms with Crippen molar-refractivity contribution in [3.05, 3.63) is 36.9 Å².